The van der Waals surface area contributed by atoms with E-state index in [1.807, 2.05) is 19.1 Å². The van der Waals surface area contributed by atoms with Crippen LogP contribution in [0.2, 0.25) is 4.47 Å². The molecule has 170 valence electrons. The first-order valence-electron chi connectivity index (χ1n) is 10.8. The van der Waals surface area contributed by atoms with E-state index in [1.165, 1.54) is 15.7 Å². The van der Waals surface area contributed by atoms with Crippen LogP contribution < -0.4 is 15.2 Å². The second-order valence-electron chi connectivity index (χ2n) is 8.35. The van der Waals surface area contributed by atoms with Crippen LogP contribution in [0.25, 0.3) is 28.2 Å². The number of aromatic nitrogens is 5. The minimum absolute atomic E-state index is 0.0754. The molecule has 1 saturated carbocycles. The largest absolute Gasteiger partial charge is 0.842 e. The first kappa shape index (κ1) is 21.0. The average molecular weight is 492 g/mol. The van der Waals surface area contributed by atoms with Gasteiger partial charge in [-0.25, -0.2) is 14.3 Å². The van der Waals surface area contributed by atoms with Crippen molar-refractivity contribution in [2.45, 2.75) is 32.2 Å². The van der Waals surface area contributed by atoms with Gasteiger partial charge in [0.1, 0.15) is 12.1 Å². The zero-order valence-electron chi connectivity index (χ0n) is 18.1. The Labute approximate surface area is 202 Å². The topological polar surface area (TPSA) is 100 Å². The summed E-state index contributed by atoms with van der Waals surface area (Å²) in [5, 5.41) is 17.9. The number of rotatable bonds is 5. The number of benzene rings is 1. The van der Waals surface area contributed by atoms with Crippen LogP contribution >= 0.6 is 22.9 Å². The van der Waals surface area contributed by atoms with Crippen molar-refractivity contribution in [1.82, 2.24) is 19.5 Å². The maximum atomic E-state index is 13.8. The molecule has 34 heavy (non-hydrogen) atoms. The molecule has 1 aliphatic rings. The third-order valence-corrected chi connectivity index (χ3v) is 7.03. The standard InChI is InChI=1S/C24H18ClN5O3S/c1-13-4-3-9-29-21(13)30(12-17-11-26-24(25)34-17)23(32)18(22(29)31)15-5-2-6-16(10-15)19-27-20(33-28-19)14-7-8-14/h2-6,9-11,14H,7-8,12H2,1H3. The van der Waals surface area contributed by atoms with Crippen molar-refractivity contribution in [2.75, 3.05) is 0 Å². The smallest absolute Gasteiger partial charge is 0.349 e. The highest BCUT2D eigenvalue weighted by Gasteiger charge is 2.30. The highest BCUT2D eigenvalue weighted by Crippen LogP contribution is 2.39. The average Bonchev–Trinajstić information content (AvgIpc) is 3.41. The van der Waals surface area contributed by atoms with Crippen molar-refractivity contribution in [3.63, 3.8) is 0 Å². The van der Waals surface area contributed by atoms with Crippen LogP contribution in [0.1, 0.15) is 35.1 Å². The molecule has 0 saturated heterocycles. The lowest BCUT2D eigenvalue weighted by atomic mass is 10.0. The van der Waals surface area contributed by atoms with Gasteiger partial charge in [0, 0.05) is 23.2 Å². The maximum Gasteiger partial charge on any atom is 0.349 e. The number of aryl methyl sites for hydroxylation is 1. The molecule has 0 N–H and O–H groups in total. The monoisotopic (exact) mass is 491 g/mol. The summed E-state index contributed by atoms with van der Waals surface area (Å²) in [6.45, 7) is 2.12. The molecule has 6 rings (SSSR count). The van der Waals surface area contributed by atoms with E-state index in [4.69, 9.17) is 16.1 Å². The van der Waals surface area contributed by atoms with Crippen molar-refractivity contribution >= 4 is 28.6 Å². The molecule has 0 amide bonds. The van der Waals surface area contributed by atoms with E-state index in [1.54, 1.807) is 41.2 Å². The van der Waals surface area contributed by atoms with Gasteiger partial charge in [-0.15, -0.1) is 11.3 Å². The molecule has 4 aromatic heterocycles. The Morgan fingerprint density at radius 3 is 2.85 bits per heavy atom. The lowest BCUT2D eigenvalue weighted by Gasteiger charge is -2.17. The summed E-state index contributed by atoms with van der Waals surface area (Å²) < 4.78 is 8.90. The summed E-state index contributed by atoms with van der Waals surface area (Å²) in [5.41, 5.74) is 2.22. The van der Waals surface area contributed by atoms with Crippen LogP contribution in [0, 0.1) is 6.92 Å². The van der Waals surface area contributed by atoms with Gasteiger partial charge >= 0.3 is 5.56 Å². The first-order chi connectivity index (χ1) is 16.5. The van der Waals surface area contributed by atoms with Crippen molar-refractivity contribution < 1.29 is 14.2 Å². The van der Waals surface area contributed by atoms with Crippen LogP contribution in [0.4, 0.5) is 0 Å². The molecule has 0 atom stereocenters. The van der Waals surface area contributed by atoms with Gasteiger partial charge in [0.25, 0.3) is 5.65 Å². The zero-order valence-corrected chi connectivity index (χ0v) is 19.6. The number of pyridine rings is 1. The van der Waals surface area contributed by atoms with Gasteiger partial charge in [-0.2, -0.15) is 9.38 Å². The molecule has 0 spiro atoms. The number of hydrogen-bond acceptors (Lipinski definition) is 7. The fourth-order valence-corrected chi connectivity index (χ4v) is 5.09. The SMILES string of the molecule is Cc1cccn2c(=O)c(-c3cccc(-c4noc(C5CC5)n4)c3)c([O-])[n+](Cc3cnc(Cl)s3)c12. The Bertz CT molecular complexity index is 1620. The molecule has 4 heterocycles. The van der Waals surface area contributed by atoms with Gasteiger partial charge in [-0.3, -0.25) is 0 Å². The van der Waals surface area contributed by atoms with Gasteiger partial charge < -0.3 is 9.63 Å². The van der Waals surface area contributed by atoms with Gasteiger partial charge in [0.2, 0.25) is 11.7 Å². The molecule has 10 heteroatoms. The van der Waals surface area contributed by atoms with E-state index in [9.17, 15) is 9.90 Å². The fourth-order valence-electron chi connectivity index (χ4n) is 4.13. The summed E-state index contributed by atoms with van der Waals surface area (Å²) in [6, 6.07) is 10.8. The molecule has 5 aromatic rings. The highest BCUT2D eigenvalue weighted by atomic mass is 35.5. The second-order valence-corrected chi connectivity index (χ2v) is 10.0. The molecule has 1 aliphatic carbocycles. The number of hydrogen-bond donors (Lipinski definition) is 0. The summed E-state index contributed by atoms with van der Waals surface area (Å²) in [5.74, 6) is 1.03. The maximum absolute atomic E-state index is 13.8. The first-order valence-corrected chi connectivity index (χ1v) is 12.0. The predicted molar refractivity (Wildman–Crippen MR) is 125 cm³/mol. The predicted octanol–water partition coefficient (Wildman–Crippen LogP) is 3.72. The van der Waals surface area contributed by atoms with Crippen LogP contribution in [-0.4, -0.2) is 19.5 Å². The molecule has 0 aliphatic heterocycles. The molecule has 1 fully saturated rings. The third kappa shape index (κ3) is 3.57. The summed E-state index contributed by atoms with van der Waals surface area (Å²) >= 11 is 7.32. The fraction of sp³-hybridized carbons (Fsp3) is 0.208. The van der Waals surface area contributed by atoms with Crippen LogP contribution in [0.5, 0.6) is 5.88 Å². The third-order valence-electron chi connectivity index (χ3n) is 5.93. The molecule has 1 aromatic carbocycles. The molecule has 0 radical (unpaired) electrons. The van der Waals surface area contributed by atoms with Gasteiger partial charge in [-0.1, -0.05) is 35.0 Å². The highest BCUT2D eigenvalue weighted by molar-refractivity contribution is 7.15. The van der Waals surface area contributed by atoms with E-state index in [0.29, 0.717) is 38.9 Å². The number of halogens is 1. The molecular formula is C24H18ClN5O3S. The van der Waals surface area contributed by atoms with Gasteiger partial charge in [0.15, 0.2) is 4.47 Å². The van der Waals surface area contributed by atoms with E-state index in [2.05, 4.69) is 15.1 Å². The zero-order chi connectivity index (χ0) is 23.4. The summed E-state index contributed by atoms with van der Waals surface area (Å²) in [4.78, 5) is 22.9. The number of fused-ring (bicyclic) bond motifs is 1. The van der Waals surface area contributed by atoms with Gasteiger partial charge in [-0.05, 0) is 43.5 Å². The minimum atomic E-state index is -0.383. The summed E-state index contributed by atoms with van der Waals surface area (Å²) in [7, 11) is 0. The lowest BCUT2D eigenvalue weighted by molar-refractivity contribution is -0.707. The molecule has 8 nitrogen and oxygen atoms in total. The van der Waals surface area contributed by atoms with Gasteiger partial charge in [0.05, 0.1) is 17.0 Å². The van der Waals surface area contributed by atoms with Crippen LogP contribution in [-0.2, 0) is 6.54 Å². The minimum Gasteiger partial charge on any atom is -0.842 e. The van der Waals surface area contributed by atoms with E-state index in [-0.39, 0.29) is 23.5 Å². The number of nitrogens with zero attached hydrogens (tertiary/aromatic N) is 5. The van der Waals surface area contributed by atoms with Crippen molar-refractivity contribution in [3.8, 4) is 28.4 Å². The van der Waals surface area contributed by atoms with Crippen molar-refractivity contribution in [3.05, 3.63) is 79.9 Å². The quantitative estimate of drug-likeness (QED) is 0.347. The molecule has 0 unspecified atom stereocenters. The summed E-state index contributed by atoms with van der Waals surface area (Å²) in [6.07, 6.45) is 5.43. The Hall–Kier alpha value is -3.56. The normalized spacial score (nSPS) is 13.6. The Kier molecular flexibility index (Phi) is 4.96. The van der Waals surface area contributed by atoms with Crippen LogP contribution in [0.3, 0.4) is 0 Å². The Balaban J connectivity index is 1.54. The Morgan fingerprint density at radius 2 is 2.09 bits per heavy atom. The Morgan fingerprint density at radius 1 is 1.26 bits per heavy atom. The second kappa shape index (κ2) is 8.03. The van der Waals surface area contributed by atoms with Crippen molar-refractivity contribution in [2.24, 2.45) is 0 Å². The van der Waals surface area contributed by atoms with Crippen molar-refractivity contribution in [1.29, 1.82) is 0 Å². The van der Waals surface area contributed by atoms with Crippen LogP contribution in [0.15, 0.2) is 58.1 Å². The van der Waals surface area contributed by atoms with E-state index >= 15 is 0 Å². The number of thiazole rings is 1. The molecule has 0 bridgehead atoms. The molecular weight excluding hydrogens is 474 g/mol. The van der Waals surface area contributed by atoms with E-state index < -0.39 is 0 Å². The lowest BCUT2D eigenvalue weighted by Crippen LogP contribution is -2.44. The van der Waals surface area contributed by atoms with E-state index in [0.717, 1.165) is 23.3 Å².